The zero-order valence-electron chi connectivity index (χ0n) is 18.5. The summed E-state index contributed by atoms with van der Waals surface area (Å²) in [6, 6.07) is 6.88. The predicted octanol–water partition coefficient (Wildman–Crippen LogP) is 3.81. The third kappa shape index (κ3) is 6.12. The summed E-state index contributed by atoms with van der Waals surface area (Å²) in [6.45, 7) is 2.55. The molecule has 1 atom stereocenters. The topological polar surface area (TPSA) is 90.9 Å². The number of nitrogens with one attached hydrogen (secondary N) is 2. The SMILES string of the molecule is O=C(C[C@H]1SC(N2CCCC2)=NC1=O)Nc1ccc(C(=O)NCCCC2CCCC2)cc1. The maximum Gasteiger partial charge on any atom is 0.262 e. The number of anilines is 1. The number of amides is 3. The molecule has 3 amide bonds. The predicted molar refractivity (Wildman–Crippen MR) is 128 cm³/mol. The number of hydrogen-bond acceptors (Lipinski definition) is 5. The van der Waals surface area contributed by atoms with Gasteiger partial charge in [-0.3, -0.25) is 14.4 Å². The molecule has 1 saturated carbocycles. The molecule has 3 aliphatic rings. The van der Waals surface area contributed by atoms with E-state index in [0.29, 0.717) is 17.8 Å². The first-order valence-corrected chi connectivity index (χ1v) is 12.7. The van der Waals surface area contributed by atoms with Gasteiger partial charge in [-0.1, -0.05) is 37.4 Å². The molecule has 2 fully saturated rings. The summed E-state index contributed by atoms with van der Waals surface area (Å²) in [4.78, 5) is 43.2. The molecular weight excluding hydrogens is 424 g/mol. The summed E-state index contributed by atoms with van der Waals surface area (Å²) < 4.78 is 0. The van der Waals surface area contributed by atoms with Crippen LogP contribution in [0.3, 0.4) is 0 Å². The molecule has 2 heterocycles. The van der Waals surface area contributed by atoms with Crippen molar-refractivity contribution >= 4 is 40.3 Å². The highest BCUT2D eigenvalue weighted by Crippen LogP contribution is 2.29. The molecular formula is C24H32N4O3S. The molecule has 0 bridgehead atoms. The number of hydrogen-bond donors (Lipinski definition) is 2. The van der Waals surface area contributed by atoms with Gasteiger partial charge in [0, 0.05) is 37.3 Å². The lowest BCUT2D eigenvalue weighted by atomic mass is 10.0. The van der Waals surface area contributed by atoms with Gasteiger partial charge >= 0.3 is 0 Å². The summed E-state index contributed by atoms with van der Waals surface area (Å²) >= 11 is 1.39. The Kier molecular flexibility index (Phi) is 7.84. The quantitative estimate of drug-likeness (QED) is 0.581. The highest BCUT2D eigenvalue weighted by molar-refractivity contribution is 8.15. The van der Waals surface area contributed by atoms with Crippen molar-refractivity contribution in [3.63, 3.8) is 0 Å². The van der Waals surface area contributed by atoms with Crippen molar-refractivity contribution < 1.29 is 14.4 Å². The Hall–Kier alpha value is -2.35. The normalized spacial score (nSPS) is 21.1. The molecule has 0 spiro atoms. The lowest BCUT2D eigenvalue weighted by Crippen LogP contribution is -2.25. The van der Waals surface area contributed by atoms with Crippen LogP contribution in [0, 0.1) is 5.92 Å². The minimum Gasteiger partial charge on any atom is -0.352 e. The molecule has 7 nitrogen and oxygen atoms in total. The third-order valence-electron chi connectivity index (χ3n) is 6.46. The van der Waals surface area contributed by atoms with Crippen molar-refractivity contribution in [2.24, 2.45) is 10.9 Å². The fourth-order valence-electron chi connectivity index (χ4n) is 4.63. The molecule has 1 saturated heterocycles. The number of thioether (sulfide) groups is 1. The van der Waals surface area contributed by atoms with E-state index in [0.717, 1.165) is 43.4 Å². The minimum absolute atomic E-state index is 0.0890. The Morgan fingerprint density at radius 1 is 1.06 bits per heavy atom. The highest BCUT2D eigenvalue weighted by atomic mass is 32.2. The van der Waals surface area contributed by atoms with Gasteiger partial charge in [0.2, 0.25) is 5.91 Å². The molecule has 8 heteroatoms. The summed E-state index contributed by atoms with van der Waals surface area (Å²) in [5.74, 6) is 0.296. The average Bonchev–Trinajstić information content (AvgIpc) is 3.55. The van der Waals surface area contributed by atoms with Gasteiger partial charge in [0.1, 0.15) is 5.25 Å². The lowest BCUT2D eigenvalue weighted by molar-refractivity contribution is -0.121. The summed E-state index contributed by atoms with van der Waals surface area (Å²) in [7, 11) is 0. The largest absolute Gasteiger partial charge is 0.352 e. The zero-order chi connectivity index (χ0) is 22.3. The van der Waals surface area contributed by atoms with Crippen LogP contribution in [0.5, 0.6) is 0 Å². The number of benzene rings is 1. The molecule has 1 aromatic rings. The van der Waals surface area contributed by atoms with Crippen LogP contribution in [0.4, 0.5) is 5.69 Å². The monoisotopic (exact) mass is 456 g/mol. The first kappa shape index (κ1) is 22.8. The van der Waals surface area contributed by atoms with Gasteiger partial charge in [-0.2, -0.15) is 4.99 Å². The van der Waals surface area contributed by atoms with Crippen LogP contribution in [0.15, 0.2) is 29.3 Å². The smallest absolute Gasteiger partial charge is 0.262 e. The number of nitrogens with zero attached hydrogens (tertiary/aromatic N) is 2. The maximum absolute atomic E-state index is 12.4. The van der Waals surface area contributed by atoms with E-state index in [1.54, 1.807) is 24.3 Å². The third-order valence-corrected chi connectivity index (χ3v) is 7.67. The van der Waals surface area contributed by atoms with Crippen LogP contribution in [-0.2, 0) is 9.59 Å². The molecule has 1 aromatic carbocycles. The Morgan fingerprint density at radius 2 is 1.78 bits per heavy atom. The van der Waals surface area contributed by atoms with Crippen LogP contribution in [-0.4, -0.2) is 52.7 Å². The molecule has 4 rings (SSSR count). The molecule has 0 aromatic heterocycles. The van der Waals surface area contributed by atoms with E-state index in [-0.39, 0.29) is 24.1 Å². The van der Waals surface area contributed by atoms with Gasteiger partial charge in [0.15, 0.2) is 5.17 Å². The Bertz CT molecular complexity index is 859. The second-order valence-corrected chi connectivity index (χ2v) is 10.1. The number of amidine groups is 1. The van der Waals surface area contributed by atoms with Crippen molar-refractivity contribution in [1.82, 2.24) is 10.2 Å². The fraction of sp³-hybridized carbons (Fsp3) is 0.583. The zero-order valence-corrected chi connectivity index (χ0v) is 19.3. The van der Waals surface area contributed by atoms with E-state index < -0.39 is 5.25 Å². The Morgan fingerprint density at radius 3 is 2.50 bits per heavy atom. The highest BCUT2D eigenvalue weighted by Gasteiger charge is 2.33. The summed E-state index contributed by atoms with van der Waals surface area (Å²) in [6.07, 6.45) is 9.91. The van der Waals surface area contributed by atoms with Gasteiger partial charge in [0.25, 0.3) is 11.8 Å². The van der Waals surface area contributed by atoms with Crippen LogP contribution in [0.25, 0.3) is 0 Å². The van der Waals surface area contributed by atoms with Gasteiger partial charge in [-0.05, 0) is 55.9 Å². The maximum atomic E-state index is 12.4. The summed E-state index contributed by atoms with van der Waals surface area (Å²) in [5, 5.41) is 6.10. The van der Waals surface area contributed by atoms with E-state index in [2.05, 4.69) is 20.5 Å². The van der Waals surface area contributed by atoms with E-state index >= 15 is 0 Å². The second-order valence-electron chi connectivity index (χ2n) is 8.91. The Labute approximate surface area is 193 Å². The van der Waals surface area contributed by atoms with Crippen LogP contribution < -0.4 is 10.6 Å². The number of rotatable bonds is 8. The van der Waals surface area contributed by atoms with Crippen molar-refractivity contribution in [3.8, 4) is 0 Å². The van der Waals surface area contributed by atoms with E-state index in [1.807, 2.05) is 0 Å². The molecule has 1 aliphatic carbocycles. The minimum atomic E-state index is -0.458. The van der Waals surface area contributed by atoms with Gasteiger partial charge in [0.05, 0.1) is 0 Å². The molecule has 172 valence electrons. The van der Waals surface area contributed by atoms with Crippen molar-refractivity contribution in [2.45, 2.75) is 63.0 Å². The first-order chi connectivity index (χ1) is 15.6. The molecule has 32 heavy (non-hydrogen) atoms. The van der Waals surface area contributed by atoms with E-state index in [9.17, 15) is 14.4 Å². The van der Waals surface area contributed by atoms with Gasteiger partial charge in [-0.15, -0.1) is 0 Å². The van der Waals surface area contributed by atoms with Crippen molar-refractivity contribution in [1.29, 1.82) is 0 Å². The molecule has 0 radical (unpaired) electrons. The number of carbonyl (C=O) groups excluding carboxylic acids is 3. The molecule has 2 aliphatic heterocycles. The van der Waals surface area contributed by atoms with Crippen LogP contribution in [0.2, 0.25) is 0 Å². The van der Waals surface area contributed by atoms with E-state index in [1.165, 1.54) is 43.9 Å². The Balaban J connectivity index is 1.18. The standard InChI is InChI=1S/C24H32N4O3S/c29-21(16-20-23(31)27-24(32-20)28-14-3-4-15-28)26-19-11-9-18(10-12-19)22(30)25-13-5-8-17-6-1-2-7-17/h9-12,17,20H,1-8,13-16H2,(H,25,30)(H,26,29)/t20-/m1/s1. The first-order valence-electron chi connectivity index (χ1n) is 11.8. The number of carbonyl (C=O) groups is 3. The van der Waals surface area contributed by atoms with Gasteiger partial charge < -0.3 is 15.5 Å². The summed E-state index contributed by atoms with van der Waals surface area (Å²) in [5.41, 5.74) is 1.19. The van der Waals surface area contributed by atoms with Crippen molar-refractivity contribution in [2.75, 3.05) is 25.0 Å². The van der Waals surface area contributed by atoms with Crippen LogP contribution in [0.1, 0.15) is 68.1 Å². The fourth-order valence-corrected chi connectivity index (χ4v) is 5.75. The van der Waals surface area contributed by atoms with Gasteiger partial charge in [-0.25, -0.2) is 0 Å². The van der Waals surface area contributed by atoms with Crippen LogP contribution >= 0.6 is 11.8 Å². The number of aliphatic imine (C=N–C) groups is 1. The second kappa shape index (κ2) is 11.0. The lowest BCUT2D eigenvalue weighted by Gasteiger charge is -2.16. The van der Waals surface area contributed by atoms with Crippen molar-refractivity contribution in [3.05, 3.63) is 29.8 Å². The molecule has 0 unspecified atom stereocenters. The van der Waals surface area contributed by atoms with E-state index in [4.69, 9.17) is 0 Å². The number of likely N-dealkylation sites (tertiary alicyclic amines) is 1. The molecule has 2 N–H and O–H groups in total. The average molecular weight is 457 g/mol.